The third kappa shape index (κ3) is 2.30. The van der Waals surface area contributed by atoms with E-state index in [4.69, 9.17) is 24.0 Å². The van der Waals surface area contributed by atoms with Crippen LogP contribution >= 0.6 is 15.9 Å². The van der Waals surface area contributed by atoms with Crippen molar-refractivity contribution in [2.75, 3.05) is 6.61 Å². The summed E-state index contributed by atoms with van der Waals surface area (Å²) in [4.78, 5) is 11.9. The monoisotopic (exact) mass is 402 g/mol. The molecule has 1 unspecified atom stereocenters. The fourth-order valence-corrected chi connectivity index (χ4v) is 6.04. The molecular weight excluding hydrogens is 376 g/mol. The van der Waals surface area contributed by atoms with E-state index >= 15 is 0 Å². The lowest BCUT2D eigenvalue weighted by atomic mass is 9.58. The molecule has 0 aromatic carbocycles. The lowest BCUT2D eigenvalue weighted by Gasteiger charge is -2.62. The Balaban J connectivity index is 1.76. The SMILES string of the molecule is C=CCO[C@@H]1O[C@@H]2O[C@@]3(C)CC[C@H]4[C@H](C)CC[C@@H](C1(C)Br)[C@@]24OO3. The molecule has 24 heavy (non-hydrogen) atoms. The van der Waals surface area contributed by atoms with Crippen molar-refractivity contribution in [2.45, 2.75) is 74.7 Å². The average Bonchev–Trinajstić information content (AvgIpc) is 2.75. The maximum Gasteiger partial charge on any atom is 0.201 e. The molecule has 1 spiro atoms. The van der Waals surface area contributed by atoms with Crippen LogP contribution in [0.25, 0.3) is 0 Å². The van der Waals surface area contributed by atoms with E-state index in [1.807, 2.05) is 6.92 Å². The molecule has 5 nitrogen and oxygen atoms in total. The lowest BCUT2D eigenvalue weighted by molar-refractivity contribution is -0.575. The van der Waals surface area contributed by atoms with Crippen LogP contribution in [-0.4, -0.2) is 34.9 Å². The Labute approximate surface area is 152 Å². The maximum atomic E-state index is 6.32. The Morgan fingerprint density at radius 3 is 2.79 bits per heavy atom. The van der Waals surface area contributed by atoms with Gasteiger partial charge in [-0.05, 0) is 44.9 Å². The van der Waals surface area contributed by atoms with E-state index in [0.29, 0.717) is 18.4 Å². The molecule has 5 aliphatic rings. The minimum Gasteiger partial charge on any atom is -0.347 e. The molecule has 136 valence electrons. The van der Waals surface area contributed by atoms with Gasteiger partial charge in [0.05, 0.1) is 10.9 Å². The number of hydrogen-bond donors (Lipinski definition) is 0. The summed E-state index contributed by atoms with van der Waals surface area (Å²) in [5.74, 6) is 0.333. The zero-order valence-electron chi connectivity index (χ0n) is 14.6. The van der Waals surface area contributed by atoms with Gasteiger partial charge < -0.3 is 14.2 Å². The van der Waals surface area contributed by atoms with E-state index in [0.717, 1.165) is 19.3 Å². The first-order chi connectivity index (χ1) is 11.3. The Morgan fingerprint density at radius 1 is 1.25 bits per heavy atom. The van der Waals surface area contributed by atoms with Crippen LogP contribution in [0.15, 0.2) is 12.7 Å². The summed E-state index contributed by atoms with van der Waals surface area (Å²) >= 11 is 3.92. The predicted molar refractivity (Wildman–Crippen MR) is 91.1 cm³/mol. The van der Waals surface area contributed by atoms with Crippen LogP contribution < -0.4 is 0 Å². The summed E-state index contributed by atoms with van der Waals surface area (Å²) in [5.41, 5.74) is -0.583. The molecule has 2 bridgehead atoms. The third-order valence-electron chi connectivity index (χ3n) is 6.47. The summed E-state index contributed by atoms with van der Waals surface area (Å²) in [6.45, 7) is 10.5. The summed E-state index contributed by atoms with van der Waals surface area (Å²) in [5, 5.41) is 0. The molecule has 1 aliphatic carbocycles. The normalized spacial score (nSPS) is 56.4. The van der Waals surface area contributed by atoms with Gasteiger partial charge in [0.1, 0.15) is 0 Å². The topological polar surface area (TPSA) is 46.2 Å². The Hall–Kier alpha value is 0.0200. The molecule has 4 heterocycles. The van der Waals surface area contributed by atoms with Crippen molar-refractivity contribution >= 4 is 15.9 Å². The Morgan fingerprint density at radius 2 is 2.04 bits per heavy atom. The minimum atomic E-state index is -0.749. The van der Waals surface area contributed by atoms with Crippen molar-refractivity contribution in [2.24, 2.45) is 17.8 Å². The zero-order chi connectivity index (χ0) is 17.2. The van der Waals surface area contributed by atoms with Gasteiger partial charge in [0.2, 0.25) is 5.79 Å². The third-order valence-corrected chi connectivity index (χ3v) is 7.40. The van der Waals surface area contributed by atoms with Crippen LogP contribution in [0, 0.1) is 17.8 Å². The smallest absolute Gasteiger partial charge is 0.201 e. The van der Waals surface area contributed by atoms with E-state index in [1.165, 1.54) is 6.42 Å². The van der Waals surface area contributed by atoms with E-state index in [9.17, 15) is 0 Å². The van der Waals surface area contributed by atoms with Gasteiger partial charge in [-0.25, -0.2) is 9.78 Å². The summed E-state index contributed by atoms with van der Waals surface area (Å²) in [7, 11) is 0. The number of fused-ring (bicyclic) bond motifs is 2. The van der Waals surface area contributed by atoms with Gasteiger partial charge in [0, 0.05) is 12.3 Å². The molecule has 0 aromatic rings. The molecule has 5 fully saturated rings. The molecule has 0 aromatic heterocycles. The van der Waals surface area contributed by atoms with Gasteiger partial charge in [-0.1, -0.05) is 28.9 Å². The fourth-order valence-electron chi connectivity index (χ4n) is 5.21. The largest absolute Gasteiger partial charge is 0.347 e. The maximum absolute atomic E-state index is 6.32. The van der Waals surface area contributed by atoms with Gasteiger partial charge in [-0.3, -0.25) is 0 Å². The predicted octanol–water partition coefficient (Wildman–Crippen LogP) is 3.91. The van der Waals surface area contributed by atoms with E-state index in [1.54, 1.807) is 6.08 Å². The molecule has 0 radical (unpaired) electrons. The Kier molecular flexibility index (Phi) is 4.18. The standard InChI is InChI=1S/C18H27BrO5/c1-5-10-20-14-17(4,19)13-7-6-11(2)12-8-9-16(3)22-15(21-14)18(12,13)24-23-16/h5,11-15H,1,6-10H2,2-4H3/t11-,12+,13+,14-,15-,16-,17?,18-/m1/s1. The molecule has 4 aliphatic heterocycles. The first-order valence-electron chi connectivity index (χ1n) is 8.95. The van der Waals surface area contributed by atoms with Crippen molar-refractivity contribution in [3.8, 4) is 0 Å². The number of halogens is 1. The van der Waals surface area contributed by atoms with Crippen LogP contribution in [0.3, 0.4) is 0 Å². The first kappa shape index (κ1) is 17.4. The van der Waals surface area contributed by atoms with Crippen molar-refractivity contribution < 1.29 is 24.0 Å². The summed E-state index contributed by atoms with van der Waals surface area (Å²) in [6, 6.07) is 0. The summed E-state index contributed by atoms with van der Waals surface area (Å²) < 4.78 is 18.2. The van der Waals surface area contributed by atoms with Gasteiger partial charge >= 0.3 is 0 Å². The van der Waals surface area contributed by atoms with Crippen LogP contribution in [0.1, 0.15) is 46.5 Å². The van der Waals surface area contributed by atoms with E-state index in [-0.39, 0.29) is 10.2 Å². The fraction of sp³-hybridized carbons (Fsp3) is 0.889. The molecular formula is C18H27BrO5. The van der Waals surface area contributed by atoms with Gasteiger partial charge in [0.15, 0.2) is 18.2 Å². The van der Waals surface area contributed by atoms with Crippen molar-refractivity contribution in [3.05, 3.63) is 12.7 Å². The highest BCUT2D eigenvalue weighted by atomic mass is 79.9. The quantitative estimate of drug-likeness (QED) is 0.406. The number of alkyl halides is 1. The molecule has 8 atom stereocenters. The second-order valence-electron chi connectivity index (χ2n) is 8.10. The van der Waals surface area contributed by atoms with Crippen LogP contribution in [0.4, 0.5) is 0 Å². The van der Waals surface area contributed by atoms with E-state index in [2.05, 4.69) is 36.4 Å². The van der Waals surface area contributed by atoms with Crippen LogP contribution in [0.2, 0.25) is 0 Å². The molecule has 5 rings (SSSR count). The van der Waals surface area contributed by atoms with Crippen molar-refractivity contribution in [3.63, 3.8) is 0 Å². The van der Waals surface area contributed by atoms with Crippen molar-refractivity contribution in [1.82, 2.24) is 0 Å². The number of ether oxygens (including phenoxy) is 3. The minimum absolute atomic E-state index is 0.183. The van der Waals surface area contributed by atoms with E-state index < -0.39 is 24.0 Å². The number of rotatable bonds is 3. The van der Waals surface area contributed by atoms with Crippen LogP contribution in [-0.2, 0) is 24.0 Å². The molecule has 6 heteroatoms. The highest BCUT2D eigenvalue weighted by molar-refractivity contribution is 9.10. The zero-order valence-corrected chi connectivity index (χ0v) is 16.2. The molecule has 0 amide bonds. The second-order valence-corrected chi connectivity index (χ2v) is 9.81. The van der Waals surface area contributed by atoms with Gasteiger partial charge in [-0.2, -0.15) is 0 Å². The second kappa shape index (κ2) is 5.76. The number of hydrogen-bond acceptors (Lipinski definition) is 5. The Bertz CT molecular complexity index is 526. The highest BCUT2D eigenvalue weighted by Crippen LogP contribution is 2.63. The molecule has 0 N–H and O–H groups in total. The molecule has 1 saturated carbocycles. The van der Waals surface area contributed by atoms with Gasteiger partial charge in [0.25, 0.3) is 0 Å². The van der Waals surface area contributed by atoms with Gasteiger partial charge in [-0.15, -0.1) is 6.58 Å². The van der Waals surface area contributed by atoms with Crippen molar-refractivity contribution in [1.29, 1.82) is 0 Å². The first-order valence-corrected chi connectivity index (χ1v) is 9.74. The van der Waals surface area contributed by atoms with Crippen LogP contribution in [0.5, 0.6) is 0 Å². The highest BCUT2D eigenvalue weighted by Gasteiger charge is 2.72. The summed E-state index contributed by atoms with van der Waals surface area (Å²) in [6.07, 6.45) is 4.87. The lowest BCUT2D eigenvalue weighted by Crippen LogP contribution is -2.74. The average molecular weight is 403 g/mol. The molecule has 4 saturated heterocycles.